The standard InChI is InChI=1S/C13H16BrNO3S/c1-9-2-3-12(11(14)8-9)15-13(16)10-4-6-19(17,18)7-5-10/h2-3,8,10H,4-7H2,1H3,(H,15,16). The van der Waals surface area contributed by atoms with Gasteiger partial charge in [-0.1, -0.05) is 6.07 Å². The number of hydrogen-bond acceptors (Lipinski definition) is 3. The van der Waals surface area contributed by atoms with Crippen LogP contribution in [0.4, 0.5) is 5.69 Å². The Hall–Kier alpha value is -0.880. The molecule has 1 N–H and O–H groups in total. The molecule has 0 atom stereocenters. The van der Waals surface area contributed by atoms with Gasteiger partial charge in [0.1, 0.15) is 9.84 Å². The second-order valence-electron chi connectivity index (χ2n) is 4.90. The fourth-order valence-corrected chi connectivity index (χ4v) is 4.19. The van der Waals surface area contributed by atoms with Crippen LogP contribution in [0.3, 0.4) is 0 Å². The summed E-state index contributed by atoms with van der Waals surface area (Å²) in [5.74, 6) is -0.0866. The van der Waals surface area contributed by atoms with Gasteiger partial charge in [-0.05, 0) is 53.4 Å². The SMILES string of the molecule is Cc1ccc(NC(=O)C2CCS(=O)(=O)CC2)c(Br)c1. The Bertz CT molecular complexity index is 584. The first-order valence-electron chi connectivity index (χ1n) is 6.15. The number of carbonyl (C=O) groups excluding carboxylic acids is 1. The molecule has 1 aromatic carbocycles. The lowest BCUT2D eigenvalue weighted by Gasteiger charge is -2.21. The summed E-state index contributed by atoms with van der Waals surface area (Å²) in [4.78, 5) is 12.1. The van der Waals surface area contributed by atoms with Gasteiger partial charge in [-0.3, -0.25) is 4.79 Å². The quantitative estimate of drug-likeness (QED) is 0.895. The third-order valence-corrected chi connectivity index (χ3v) is 5.68. The second kappa shape index (κ2) is 5.63. The molecule has 19 heavy (non-hydrogen) atoms. The van der Waals surface area contributed by atoms with Crippen LogP contribution in [0.15, 0.2) is 22.7 Å². The highest BCUT2D eigenvalue weighted by Gasteiger charge is 2.28. The van der Waals surface area contributed by atoms with Gasteiger partial charge in [-0.2, -0.15) is 0 Å². The Kier molecular flexibility index (Phi) is 4.30. The van der Waals surface area contributed by atoms with E-state index < -0.39 is 9.84 Å². The molecule has 2 rings (SSSR count). The summed E-state index contributed by atoms with van der Waals surface area (Å²) in [6.45, 7) is 1.97. The number of benzene rings is 1. The summed E-state index contributed by atoms with van der Waals surface area (Å²) in [5.41, 5.74) is 1.83. The zero-order valence-corrected chi connectivity index (χ0v) is 13.1. The van der Waals surface area contributed by atoms with E-state index in [1.807, 2.05) is 25.1 Å². The number of sulfone groups is 1. The number of anilines is 1. The van der Waals surface area contributed by atoms with E-state index in [0.717, 1.165) is 15.7 Å². The van der Waals surface area contributed by atoms with Crippen LogP contribution in [0.5, 0.6) is 0 Å². The van der Waals surface area contributed by atoms with Crippen LogP contribution in [0, 0.1) is 12.8 Å². The lowest BCUT2D eigenvalue weighted by Crippen LogP contribution is -2.31. The summed E-state index contributed by atoms with van der Waals surface area (Å²) in [6, 6.07) is 5.70. The molecule has 1 fully saturated rings. The third-order valence-electron chi connectivity index (χ3n) is 3.31. The van der Waals surface area contributed by atoms with Crippen molar-refractivity contribution in [3.63, 3.8) is 0 Å². The molecule has 0 saturated carbocycles. The maximum atomic E-state index is 12.1. The summed E-state index contributed by atoms with van der Waals surface area (Å²) >= 11 is 3.41. The molecule has 0 aliphatic carbocycles. The molecule has 0 unspecified atom stereocenters. The minimum Gasteiger partial charge on any atom is -0.325 e. The Balaban J connectivity index is 2.02. The van der Waals surface area contributed by atoms with Crippen LogP contribution in [-0.4, -0.2) is 25.8 Å². The van der Waals surface area contributed by atoms with Crippen molar-refractivity contribution in [3.05, 3.63) is 28.2 Å². The molecule has 6 heteroatoms. The van der Waals surface area contributed by atoms with Gasteiger partial charge in [0.15, 0.2) is 0 Å². The first-order valence-corrected chi connectivity index (χ1v) is 8.76. The number of amides is 1. The average Bonchev–Trinajstić information content (AvgIpc) is 2.32. The Labute approximate surface area is 121 Å². The molecular weight excluding hydrogens is 330 g/mol. The van der Waals surface area contributed by atoms with Crippen LogP contribution < -0.4 is 5.32 Å². The van der Waals surface area contributed by atoms with E-state index in [9.17, 15) is 13.2 Å². The largest absolute Gasteiger partial charge is 0.325 e. The zero-order valence-electron chi connectivity index (χ0n) is 10.6. The Morgan fingerprint density at radius 2 is 1.95 bits per heavy atom. The molecule has 1 heterocycles. The number of rotatable bonds is 2. The van der Waals surface area contributed by atoms with Gasteiger partial charge in [0.2, 0.25) is 5.91 Å². The van der Waals surface area contributed by atoms with Crippen molar-refractivity contribution in [1.29, 1.82) is 0 Å². The molecule has 1 aliphatic heterocycles. The van der Waals surface area contributed by atoms with Gasteiger partial charge in [0.25, 0.3) is 0 Å². The predicted octanol–water partition coefficient (Wildman–Crippen LogP) is 2.52. The van der Waals surface area contributed by atoms with Crippen LogP contribution in [0.2, 0.25) is 0 Å². The fourth-order valence-electron chi connectivity index (χ4n) is 2.11. The molecule has 1 saturated heterocycles. The topological polar surface area (TPSA) is 63.2 Å². The molecule has 4 nitrogen and oxygen atoms in total. The highest BCUT2D eigenvalue weighted by atomic mass is 79.9. The molecule has 0 radical (unpaired) electrons. The minimum atomic E-state index is -2.93. The van der Waals surface area contributed by atoms with Gasteiger partial charge in [-0.25, -0.2) is 8.42 Å². The van der Waals surface area contributed by atoms with Gasteiger partial charge in [0.05, 0.1) is 17.2 Å². The highest BCUT2D eigenvalue weighted by molar-refractivity contribution is 9.10. The predicted molar refractivity (Wildman–Crippen MR) is 78.9 cm³/mol. The fraction of sp³-hybridized carbons (Fsp3) is 0.462. The maximum Gasteiger partial charge on any atom is 0.227 e. The van der Waals surface area contributed by atoms with Crippen LogP contribution in [0.25, 0.3) is 0 Å². The molecule has 1 amide bonds. The molecule has 1 aliphatic rings. The molecule has 1 aromatic rings. The minimum absolute atomic E-state index is 0.0977. The van der Waals surface area contributed by atoms with Crippen molar-refractivity contribution < 1.29 is 13.2 Å². The van der Waals surface area contributed by atoms with E-state index in [-0.39, 0.29) is 23.3 Å². The highest BCUT2D eigenvalue weighted by Crippen LogP contribution is 2.26. The van der Waals surface area contributed by atoms with E-state index >= 15 is 0 Å². The van der Waals surface area contributed by atoms with Crippen LogP contribution >= 0.6 is 15.9 Å². The number of aryl methyl sites for hydroxylation is 1. The molecule has 104 valence electrons. The molecule has 0 bridgehead atoms. The smallest absolute Gasteiger partial charge is 0.227 e. The van der Waals surface area contributed by atoms with Crippen molar-refractivity contribution in [2.24, 2.45) is 5.92 Å². The van der Waals surface area contributed by atoms with Crippen LogP contribution in [0.1, 0.15) is 18.4 Å². The van der Waals surface area contributed by atoms with Gasteiger partial charge < -0.3 is 5.32 Å². The van der Waals surface area contributed by atoms with Crippen molar-refractivity contribution in [3.8, 4) is 0 Å². The Morgan fingerprint density at radius 1 is 1.32 bits per heavy atom. The van der Waals surface area contributed by atoms with Crippen LogP contribution in [-0.2, 0) is 14.6 Å². The monoisotopic (exact) mass is 345 g/mol. The van der Waals surface area contributed by atoms with Gasteiger partial charge in [-0.15, -0.1) is 0 Å². The molecule has 0 aromatic heterocycles. The average molecular weight is 346 g/mol. The third kappa shape index (κ3) is 3.79. The van der Waals surface area contributed by atoms with Crippen molar-refractivity contribution in [1.82, 2.24) is 0 Å². The summed E-state index contributed by atoms with van der Waals surface area (Å²) < 4.78 is 23.5. The van der Waals surface area contributed by atoms with Crippen molar-refractivity contribution >= 4 is 37.4 Å². The normalized spacial score (nSPS) is 19.1. The zero-order chi connectivity index (χ0) is 14.0. The van der Waals surface area contributed by atoms with E-state index in [1.165, 1.54) is 0 Å². The van der Waals surface area contributed by atoms with E-state index in [1.54, 1.807) is 0 Å². The second-order valence-corrected chi connectivity index (χ2v) is 8.06. The van der Waals surface area contributed by atoms with E-state index in [0.29, 0.717) is 12.8 Å². The first kappa shape index (κ1) is 14.5. The van der Waals surface area contributed by atoms with Gasteiger partial charge in [0, 0.05) is 10.4 Å². The lowest BCUT2D eigenvalue weighted by molar-refractivity contribution is -0.120. The maximum absolute atomic E-state index is 12.1. The number of halogens is 1. The summed E-state index contributed by atoms with van der Waals surface area (Å²) in [5, 5.41) is 2.85. The first-order chi connectivity index (χ1) is 8.87. The van der Waals surface area contributed by atoms with Gasteiger partial charge >= 0.3 is 0 Å². The number of carbonyl (C=O) groups is 1. The molecule has 0 spiro atoms. The van der Waals surface area contributed by atoms with E-state index in [4.69, 9.17) is 0 Å². The number of hydrogen-bond donors (Lipinski definition) is 1. The summed E-state index contributed by atoms with van der Waals surface area (Å²) in [7, 11) is -2.93. The molecular formula is C13H16BrNO3S. The van der Waals surface area contributed by atoms with E-state index in [2.05, 4.69) is 21.2 Å². The van der Waals surface area contributed by atoms with Crippen molar-refractivity contribution in [2.45, 2.75) is 19.8 Å². The Morgan fingerprint density at radius 3 is 2.53 bits per heavy atom. The summed E-state index contributed by atoms with van der Waals surface area (Å²) in [6.07, 6.45) is 0.829. The lowest BCUT2D eigenvalue weighted by atomic mass is 10.0. The number of nitrogens with one attached hydrogen (secondary N) is 1. The van der Waals surface area contributed by atoms with Crippen molar-refractivity contribution in [2.75, 3.05) is 16.8 Å².